The number of aromatic nitrogens is 4. The minimum absolute atomic E-state index is 0.0168. The average Bonchev–Trinajstić information content (AvgIpc) is 3.58. The summed E-state index contributed by atoms with van der Waals surface area (Å²) in [7, 11) is 0. The van der Waals surface area contributed by atoms with Gasteiger partial charge in [0.1, 0.15) is 10.7 Å². The van der Waals surface area contributed by atoms with Gasteiger partial charge < -0.3 is 4.90 Å². The van der Waals surface area contributed by atoms with Crippen molar-refractivity contribution in [2.75, 3.05) is 13.1 Å². The lowest BCUT2D eigenvalue weighted by Gasteiger charge is -2.12. The molecular formula is C23H19Cl2N5OS2. The lowest BCUT2D eigenvalue weighted by atomic mass is 10.2. The SMILES string of the molecule is O=C(c1csc(CSc2nnc(-c3ccccc3Cl)n2-c2cccc(Cl)c2)n1)N1CCCC1. The van der Waals surface area contributed by atoms with Crippen molar-refractivity contribution in [1.29, 1.82) is 0 Å². The molecule has 0 unspecified atom stereocenters. The molecule has 10 heteroatoms. The Hall–Kier alpha value is -2.39. The first-order valence-corrected chi connectivity index (χ1v) is 13.0. The zero-order chi connectivity index (χ0) is 22.8. The Bertz CT molecular complexity index is 1300. The molecule has 1 saturated heterocycles. The number of thiazole rings is 1. The number of hydrogen-bond donors (Lipinski definition) is 0. The number of hydrogen-bond acceptors (Lipinski definition) is 6. The van der Waals surface area contributed by atoms with Crippen LogP contribution in [0.2, 0.25) is 10.0 Å². The highest BCUT2D eigenvalue weighted by Gasteiger charge is 2.22. The number of benzene rings is 2. The maximum atomic E-state index is 12.6. The van der Waals surface area contributed by atoms with Crippen LogP contribution in [0.1, 0.15) is 28.3 Å². The van der Waals surface area contributed by atoms with Crippen LogP contribution in [-0.4, -0.2) is 43.6 Å². The zero-order valence-electron chi connectivity index (χ0n) is 17.4. The molecule has 3 heterocycles. The molecule has 1 aliphatic rings. The van der Waals surface area contributed by atoms with Crippen LogP contribution in [0, 0.1) is 0 Å². The van der Waals surface area contributed by atoms with Gasteiger partial charge in [-0.3, -0.25) is 9.36 Å². The predicted octanol–water partition coefficient (Wildman–Crippen LogP) is 6.23. The quantitative estimate of drug-likeness (QED) is 0.285. The number of carbonyl (C=O) groups excluding carboxylic acids is 1. The van der Waals surface area contributed by atoms with Crippen molar-refractivity contribution in [1.82, 2.24) is 24.6 Å². The summed E-state index contributed by atoms with van der Waals surface area (Å²) in [5, 5.41) is 13.5. The molecule has 1 fully saturated rings. The van der Waals surface area contributed by atoms with Gasteiger partial charge in [0.25, 0.3) is 5.91 Å². The van der Waals surface area contributed by atoms with Crippen LogP contribution in [0.25, 0.3) is 17.1 Å². The summed E-state index contributed by atoms with van der Waals surface area (Å²) < 4.78 is 1.95. The van der Waals surface area contributed by atoms with Crippen molar-refractivity contribution < 1.29 is 4.79 Å². The van der Waals surface area contributed by atoms with Gasteiger partial charge in [-0.2, -0.15) is 0 Å². The molecule has 0 radical (unpaired) electrons. The summed E-state index contributed by atoms with van der Waals surface area (Å²) in [6, 6.07) is 15.1. The summed E-state index contributed by atoms with van der Waals surface area (Å²) >= 11 is 15.7. The molecule has 0 atom stereocenters. The van der Waals surface area contributed by atoms with Crippen molar-refractivity contribution in [2.45, 2.75) is 23.8 Å². The van der Waals surface area contributed by atoms with E-state index in [-0.39, 0.29) is 5.91 Å². The van der Waals surface area contributed by atoms with Crippen LogP contribution in [0.3, 0.4) is 0 Å². The van der Waals surface area contributed by atoms with E-state index in [1.54, 1.807) is 0 Å². The van der Waals surface area contributed by atoms with Gasteiger partial charge in [-0.15, -0.1) is 21.5 Å². The van der Waals surface area contributed by atoms with Crippen LogP contribution in [0.5, 0.6) is 0 Å². The Morgan fingerprint density at radius 1 is 1.06 bits per heavy atom. The molecule has 0 bridgehead atoms. The first-order chi connectivity index (χ1) is 16.1. The molecule has 1 aliphatic heterocycles. The van der Waals surface area contributed by atoms with Gasteiger partial charge in [0.05, 0.1) is 16.5 Å². The lowest BCUT2D eigenvalue weighted by molar-refractivity contribution is 0.0787. The fourth-order valence-electron chi connectivity index (χ4n) is 3.71. The molecule has 0 spiro atoms. The highest BCUT2D eigenvalue weighted by atomic mass is 35.5. The van der Waals surface area contributed by atoms with E-state index in [0.717, 1.165) is 42.2 Å². The van der Waals surface area contributed by atoms with Crippen LogP contribution in [0.15, 0.2) is 59.1 Å². The smallest absolute Gasteiger partial charge is 0.273 e. The van der Waals surface area contributed by atoms with E-state index in [1.807, 2.05) is 63.4 Å². The van der Waals surface area contributed by atoms with Crippen LogP contribution in [0.4, 0.5) is 0 Å². The van der Waals surface area contributed by atoms with Gasteiger partial charge in [0, 0.05) is 29.1 Å². The fourth-order valence-corrected chi connectivity index (χ4v) is 5.85. The third-order valence-electron chi connectivity index (χ3n) is 5.30. The van der Waals surface area contributed by atoms with Crippen molar-refractivity contribution in [3.8, 4) is 17.1 Å². The maximum absolute atomic E-state index is 12.6. The van der Waals surface area contributed by atoms with E-state index in [9.17, 15) is 4.79 Å². The monoisotopic (exact) mass is 515 g/mol. The van der Waals surface area contributed by atoms with E-state index in [2.05, 4.69) is 15.2 Å². The topological polar surface area (TPSA) is 63.9 Å². The zero-order valence-corrected chi connectivity index (χ0v) is 20.6. The van der Waals surface area contributed by atoms with Gasteiger partial charge in [0.15, 0.2) is 11.0 Å². The fraction of sp³-hybridized carbons (Fsp3) is 0.217. The molecular weight excluding hydrogens is 497 g/mol. The number of rotatable bonds is 6. The molecule has 0 N–H and O–H groups in total. The van der Waals surface area contributed by atoms with E-state index < -0.39 is 0 Å². The Morgan fingerprint density at radius 2 is 1.88 bits per heavy atom. The Balaban J connectivity index is 1.43. The van der Waals surface area contributed by atoms with E-state index >= 15 is 0 Å². The summed E-state index contributed by atoms with van der Waals surface area (Å²) in [6.45, 7) is 1.63. The van der Waals surface area contributed by atoms with E-state index in [0.29, 0.717) is 32.5 Å². The molecule has 5 rings (SSSR count). The minimum atomic E-state index is 0.0168. The third kappa shape index (κ3) is 4.80. The van der Waals surface area contributed by atoms with Gasteiger partial charge >= 0.3 is 0 Å². The standard InChI is InChI=1S/C23H19Cl2N5OS2/c24-15-6-5-7-16(12-15)30-21(17-8-1-2-9-18(17)25)27-28-23(30)33-14-20-26-19(13-32-20)22(31)29-10-3-4-11-29/h1-2,5-9,12-13H,3-4,10-11,14H2. The van der Waals surface area contributed by atoms with Crippen molar-refractivity contribution in [3.63, 3.8) is 0 Å². The second kappa shape index (κ2) is 9.85. The molecule has 2 aromatic heterocycles. The van der Waals surface area contributed by atoms with Gasteiger partial charge in [-0.1, -0.05) is 53.2 Å². The number of nitrogens with zero attached hydrogens (tertiary/aromatic N) is 5. The summed E-state index contributed by atoms with van der Waals surface area (Å²) in [6.07, 6.45) is 2.12. The van der Waals surface area contributed by atoms with E-state index in [4.69, 9.17) is 23.2 Å². The molecule has 1 amide bonds. The molecule has 33 heavy (non-hydrogen) atoms. The summed E-state index contributed by atoms with van der Waals surface area (Å²) in [4.78, 5) is 19.1. The second-order valence-corrected chi connectivity index (χ2v) is 10.2. The molecule has 0 saturated carbocycles. The van der Waals surface area contributed by atoms with Gasteiger partial charge in [0.2, 0.25) is 0 Å². The van der Waals surface area contributed by atoms with Crippen molar-refractivity contribution in [3.05, 3.63) is 74.7 Å². The normalized spacial score (nSPS) is 13.6. The Labute approximate surface area is 209 Å². The van der Waals surface area contributed by atoms with Crippen LogP contribution >= 0.6 is 46.3 Å². The molecule has 0 aliphatic carbocycles. The summed E-state index contributed by atoms with van der Waals surface area (Å²) in [5.74, 6) is 1.22. The first kappa shape index (κ1) is 22.4. The van der Waals surface area contributed by atoms with Gasteiger partial charge in [-0.25, -0.2) is 4.98 Å². The number of amides is 1. The largest absolute Gasteiger partial charge is 0.337 e. The van der Waals surface area contributed by atoms with Crippen LogP contribution in [-0.2, 0) is 5.75 Å². The van der Waals surface area contributed by atoms with Crippen LogP contribution < -0.4 is 0 Å². The predicted molar refractivity (Wildman–Crippen MR) is 134 cm³/mol. The lowest BCUT2D eigenvalue weighted by Crippen LogP contribution is -2.27. The maximum Gasteiger partial charge on any atom is 0.273 e. The van der Waals surface area contributed by atoms with Gasteiger partial charge in [-0.05, 0) is 43.2 Å². The Morgan fingerprint density at radius 3 is 2.67 bits per heavy atom. The molecule has 2 aromatic carbocycles. The number of thioether (sulfide) groups is 1. The average molecular weight is 516 g/mol. The number of carbonyl (C=O) groups is 1. The third-order valence-corrected chi connectivity index (χ3v) is 7.84. The molecule has 6 nitrogen and oxygen atoms in total. The highest BCUT2D eigenvalue weighted by Crippen LogP contribution is 2.34. The Kier molecular flexibility index (Phi) is 6.69. The van der Waals surface area contributed by atoms with E-state index in [1.165, 1.54) is 23.1 Å². The minimum Gasteiger partial charge on any atom is -0.337 e. The molecule has 4 aromatic rings. The number of likely N-dealkylation sites (tertiary alicyclic amines) is 1. The highest BCUT2D eigenvalue weighted by molar-refractivity contribution is 7.98. The summed E-state index contributed by atoms with van der Waals surface area (Å²) in [5.41, 5.74) is 2.14. The first-order valence-electron chi connectivity index (χ1n) is 10.4. The van der Waals surface area contributed by atoms with Crippen molar-refractivity contribution >= 4 is 52.2 Å². The molecule has 168 valence electrons. The second-order valence-electron chi connectivity index (χ2n) is 7.52. The number of halogens is 2. The van der Waals surface area contributed by atoms with Crippen molar-refractivity contribution in [2.24, 2.45) is 0 Å².